The molecule has 1 unspecified atom stereocenters. The third-order valence-corrected chi connectivity index (χ3v) is 4.61. The van der Waals surface area contributed by atoms with Crippen molar-refractivity contribution in [3.63, 3.8) is 0 Å². The molecule has 7 nitrogen and oxygen atoms in total. The van der Waals surface area contributed by atoms with Gasteiger partial charge in [0.1, 0.15) is 30.0 Å². The van der Waals surface area contributed by atoms with Crippen molar-refractivity contribution in [1.82, 2.24) is 9.80 Å². The Labute approximate surface area is 171 Å². The molecule has 1 aliphatic heterocycles. The SMILES string of the molecule is CCOC(=O)N1CCN(CC(O)COc2ccc(Oc3ccccc3)cc2)CC1. The Balaban J connectivity index is 1.37. The summed E-state index contributed by atoms with van der Waals surface area (Å²) >= 11 is 0. The van der Waals surface area contributed by atoms with Gasteiger partial charge in [0.05, 0.1) is 6.61 Å². The molecule has 1 N–H and O–H groups in total. The molecule has 0 aromatic heterocycles. The van der Waals surface area contributed by atoms with E-state index in [0.717, 1.165) is 11.5 Å². The number of piperazine rings is 1. The molecule has 0 aliphatic carbocycles. The molecule has 0 saturated carbocycles. The van der Waals surface area contributed by atoms with Crippen LogP contribution in [0.25, 0.3) is 0 Å². The molecule has 1 heterocycles. The summed E-state index contributed by atoms with van der Waals surface area (Å²) < 4.78 is 16.5. The van der Waals surface area contributed by atoms with Gasteiger partial charge in [0, 0.05) is 32.7 Å². The lowest BCUT2D eigenvalue weighted by Crippen LogP contribution is -2.51. The average molecular weight is 400 g/mol. The Morgan fingerprint density at radius 2 is 1.59 bits per heavy atom. The van der Waals surface area contributed by atoms with Crippen LogP contribution in [0.4, 0.5) is 4.79 Å². The fourth-order valence-electron chi connectivity index (χ4n) is 3.10. The second kappa shape index (κ2) is 10.7. The van der Waals surface area contributed by atoms with Gasteiger partial charge >= 0.3 is 6.09 Å². The van der Waals surface area contributed by atoms with Crippen molar-refractivity contribution in [3.8, 4) is 17.2 Å². The van der Waals surface area contributed by atoms with E-state index in [1.54, 1.807) is 11.8 Å². The highest BCUT2D eigenvalue weighted by molar-refractivity contribution is 5.67. The molecule has 2 aromatic rings. The van der Waals surface area contributed by atoms with E-state index in [9.17, 15) is 9.90 Å². The second-order valence-electron chi connectivity index (χ2n) is 6.84. The van der Waals surface area contributed by atoms with Crippen LogP contribution >= 0.6 is 0 Å². The number of hydrogen-bond acceptors (Lipinski definition) is 6. The van der Waals surface area contributed by atoms with Crippen LogP contribution in [0.5, 0.6) is 17.2 Å². The summed E-state index contributed by atoms with van der Waals surface area (Å²) in [6.07, 6.45) is -0.875. The normalized spacial score (nSPS) is 15.6. The number of para-hydroxylation sites is 1. The van der Waals surface area contributed by atoms with Crippen LogP contribution in [0.15, 0.2) is 54.6 Å². The molecule has 156 valence electrons. The van der Waals surface area contributed by atoms with Gasteiger partial charge in [0.25, 0.3) is 0 Å². The molecule has 7 heteroatoms. The van der Waals surface area contributed by atoms with Crippen LogP contribution in [-0.2, 0) is 4.74 Å². The predicted molar refractivity (Wildman–Crippen MR) is 109 cm³/mol. The van der Waals surface area contributed by atoms with Crippen molar-refractivity contribution in [2.45, 2.75) is 13.0 Å². The Morgan fingerprint density at radius 3 is 2.24 bits per heavy atom. The molecular weight excluding hydrogens is 372 g/mol. The number of carbonyl (C=O) groups excluding carboxylic acids is 1. The highest BCUT2D eigenvalue weighted by atomic mass is 16.6. The number of ether oxygens (including phenoxy) is 3. The molecule has 1 fully saturated rings. The van der Waals surface area contributed by atoms with E-state index in [1.807, 2.05) is 54.6 Å². The van der Waals surface area contributed by atoms with Gasteiger partial charge in [0.2, 0.25) is 0 Å². The highest BCUT2D eigenvalue weighted by Gasteiger charge is 2.23. The van der Waals surface area contributed by atoms with Crippen molar-refractivity contribution < 1.29 is 24.1 Å². The van der Waals surface area contributed by atoms with Gasteiger partial charge in [-0.25, -0.2) is 4.79 Å². The van der Waals surface area contributed by atoms with Crippen LogP contribution in [0, 0.1) is 0 Å². The molecular formula is C22H28N2O5. The predicted octanol–water partition coefficient (Wildman–Crippen LogP) is 2.99. The molecule has 1 saturated heterocycles. The molecule has 1 atom stereocenters. The van der Waals surface area contributed by atoms with Gasteiger partial charge < -0.3 is 24.2 Å². The number of β-amino-alcohol motifs (C(OH)–C–C–N with tert-alkyl or cyclic N) is 1. The average Bonchev–Trinajstić information content (AvgIpc) is 2.75. The quantitative estimate of drug-likeness (QED) is 0.735. The molecule has 3 rings (SSSR count). The summed E-state index contributed by atoms with van der Waals surface area (Å²) in [4.78, 5) is 15.5. The van der Waals surface area contributed by atoms with Gasteiger partial charge in [-0.05, 0) is 43.3 Å². The van der Waals surface area contributed by atoms with E-state index in [0.29, 0.717) is 45.1 Å². The first-order valence-corrected chi connectivity index (χ1v) is 9.92. The minimum absolute atomic E-state index is 0.205. The van der Waals surface area contributed by atoms with Gasteiger partial charge in [-0.3, -0.25) is 4.90 Å². The number of aliphatic hydroxyl groups is 1. The van der Waals surface area contributed by atoms with Gasteiger partial charge in [0.15, 0.2) is 0 Å². The van der Waals surface area contributed by atoms with Crippen LogP contribution < -0.4 is 9.47 Å². The van der Waals surface area contributed by atoms with Crippen LogP contribution in [0.3, 0.4) is 0 Å². The van der Waals surface area contributed by atoms with Crippen molar-refractivity contribution in [2.75, 3.05) is 45.9 Å². The van der Waals surface area contributed by atoms with E-state index in [-0.39, 0.29) is 12.7 Å². The lowest BCUT2D eigenvalue weighted by atomic mass is 10.2. The summed E-state index contributed by atoms with van der Waals surface area (Å²) in [6.45, 7) is 5.53. The van der Waals surface area contributed by atoms with Crippen LogP contribution in [0.2, 0.25) is 0 Å². The number of carbonyl (C=O) groups is 1. The number of hydrogen-bond donors (Lipinski definition) is 1. The third kappa shape index (κ3) is 6.66. The van der Waals surface area contributed by atoms with Crippen LogP contribution in [-0.4, -0.2) is 73.0 Å². The number of aliphatic hydroxyl groups excluding tert-OH is 1. The van der Waals surface area contributed by atoms with Crippen molar-refractivity contribution in [3.05, 3.63) is 54.6 Å². The standard InChI is InChI=1S/C22H28N2O5/c1-2-27-22(26)24-14-12-23(13-15-24)16-18(25)17-28-19-8-10-21(11-9-19)29-20-6-4-3-5-7-20/h3-11,18,25H,2,12-17H2,1H3. The van der Waals surface area contributed by atoms with Gasteiger partial charge in [-0.1, -0.05) is 18.2 Å². The third-order valence-electron chi connectivity index (χ3n) is 4.61. The minimum atomic E-state index is -0.607. The zero-order chi connectivity index (χ0) is 20.5. The maximum absolute atomic E-state index is 11.7. The summed E-state index contributed by atoms with van der Waals surface area (Å²) in [5.41, 5.74) is 0. The second-order valence-corrected chi connectivity index (χ2v) is 6.84. The maximum Gasteiger partial charge on any atom is 0.409 e. The number of amides is 1. The van der Waals surface area contributed by atoms with Crippen molar-refractivity contribution >= 4 is 6.09 Å². The summed E-state index contributed by atoms with van der Waals surface area (Å²) in [5, 5.41) is 10.3. The molecule has 29 heavy (non-hydrogen) atoms. The Hall–Kier alpha value is -2.77. The largest absolute Gasteiger partial charge is 0.491 e. The van der Waals surface area contributed by atoms with Crippen molar-refractivity contribution in [1.29, 1.82) is 0 Å². The van der Waals surface area contributed by atoms with E-state index >= 15 is 0 Å². The first kappa shape index (κ1) is 21.0. The summed E-state index contributed by atoms with van der Waals surface area (Å²) in [6, 6.07) is 16.9. The molecule has 0 spiro atoms. The monoisotopic (exact) mass is 400 g/mol. The molecule has 1 amide bonds. The van der Waals surface area contributed by atoms with Gasteiger partial charge in [-0.2, -0.15) is 0 Å². The molecule has 2 aromatic carbocycles. The van der Waals surface area contributed by atoms with Crippen LogP contribution in [0.1, 0.15) is 6.92 Å². The van der Waals surface area contributed by atoms with Crippen molar-refractivity contribution in [2.24, 2.45) is 0 Å². The van der Waals surface area contributed by atoms with E-state index in [4.69, 9.17) is 14.2 Å². The lowest BCUT2D eigenvalue weighted by Gasteiger charge is -2.34. The molecule has 1 aliphatic rings. The first-order chi connectivity index (χ1) is 14.1. The Morgan fingerprint density at radius 1 is 0.966 bits per heavy atom. The van der Waals surface area contributed by atoms with E-state index in [1.165, 1.54) is 0 Å². The van der Waals surface area contributed by atoms with E-state index in [2.05, 4.69) is 4.90 Å². The highest BCUT2D eigenvalue weighted by Crippen LogP contribution is 2.23. The lowest BCUT2D eigenvalue weighted by molar-refractivity contribution is 0.0408. The fourth-order valence-corrected chi connectivity index (χ4v) is 3.10. The summed E-state index contributed by atoms with van der Waals surface area (Å²) in [5.74, 6) is 2.18. The Bertz CT molecular complexity index is 746. The number of benzene rings is 2. The topological polar surface area (TPSA) is 71.5 Å². The smallest absolute Gasteiger partial charge is 0.409 e. The first-order valence-electron chi connectivity index (χ1n) is 9.92. The zero-order valence-electron chi connectivity index (χ0n) is 16.7. The zero-order valence-corrected chi connectivity index (χ0v) is 16.7. The molecule has 0 radical (unpaired) electrons. The van der Waals surface area contributed by atoms with E-state index < -0.39 is 6.10 Å². The summed E-state index contributed by atoms with van der Waals surface area (Å²) in [7, 11) is 0. The minimum Gasteiger partial charge on any atom is -0.491 e. The van der Waals surface area contributed by atoms with Gasteiger partial charge in [-0.15, -0.1) is 0 Å². The number of nitrogens with zero attached hydrogens (tertiary/aromatic N) is 2. The number of rotatable bonds is 8. The molecule has 0 bridgehead atoms. The fraction of sp³-hybridized carbons (Fsp3) is 0.409. The Kier molecular flexibility index (Phi) is 7.72. The maximum atomic E-state index is 11.7.